The molecule has 3 aliphatic rings. The summed E-state index contributed by atoms with van der Waals surface area (Å²) in [7, 11) is 0. The predicted octanol–water partition coefficient (Wildman–Crippen LogP) is 1.00. The van der Waals surface area contributed by atoms with Crippen LogP contribution in [0.3, 0.4) is 0 Å². The third kappa shape index (κ3) is 2.27. The molecule has 0 saturated carbocycles. The van der Waals surface area contributed by atoms with Crippen LogP contribution >= 0.6 is 0 Å². The lowest BCUT2D eigenvalue weighted by Crippen LogP contribution is -2.54. The first-order valence-corrected chi connectivity index (χ1v) is 7.12. The lowest BCUT2D eigenvalue weighted by Gasteiger charge is -2.43. The number of rotatable bonds is 3. The SMILES string of the molecule is C[C@@H](C#N)CC1CCC2OC3CC2(COC3CO)O1. The molecule has 3 rings (SSSR count). The average Bonchev–Trinajstić information content (AvgIpc) is 2.71. The Balaban J connectivity index is 1.68. The second-order valence-electron chi connectivity index (χ2n) is 6.05. The van der Waals surface area contributed by atoms with Crippen molar-refractivity contribution in [3.05, 3.63) is 0 Å². The van der Waals surface area contributed by atoms with Gasteiger partial charge in [-0.25, -0.2) is 0 Å². The number of hydrogen-bond donors (Lipinski definition) is 1. The summed E-state index contributed by atoms with van der Waals surface area (Å²) >= 11 is 0. The van der Waals surface area contributed by atoms with E-state index in [1.54, 1.807) is 0 Å². The number of nitriles is 1. The van der Waals surface area contributed by atoms with Crippen molar-refractivity contribution in [2.24, 2.45) is 5.92 Å². The Morgan fingerprint density at radius 3 is 3.05 bits per heavy atom. The fraction of sp³-hybridized carbons (Fsp3) is 0.929. The zero-order valence-electron chi connectivity index (χ0n) is 11.2. The molecule has 3 heterocycles. The number of ether oxygens (including phenoxy) is 3. The van der Waals surface area contributed by atoms with Gasteiger partial charge in [-0.15, -0.1) is 0 Å². The average molecular weight is 267 g/mol. The molecule has 1 spiro atoms. The molecule has 6 atom stereocenters. The maximum atomic E-state index is 9.26. The van der Waals surface area contributed by atoms with Crippen molar-refractivity contribution < 1.29 is 19.3 Å². The lowest BCUT2D eigenvalue weighted by molar-refractivity contribution is -0.195. The summed E-state index contributed by atoms with van der Waals surface area (Å²) < 4.78 is 17.9. The first-order valence-electron chi connectivity index (χ1n) is 7.12. The summed E-state index contributed by atoms with van der Waals surface area (Å²) in [6.07, 6.45) is 3.44. The number of fused-ring (bicyclic) bond motifs is 1. The fourth-order valence-corrected chi connectivity index (χ4v) is 3.58. The maximum Gasteiger partial charge on any atom is 0.120 e. The van der Waals surface area contributed by atoms with Gasteiger partial charge in [0.15, 0.2) is 0 Å². The summed E-state index contributed by atoms with van der Waals surface area (Å²) in [5, 5.41) is 18.2. The van der Waals surface area contributed by atoms with Crippen LogP contribution in [0.15, 0.2) is 0 Å². The minimum atomic E-state index is -0.339. The molecule has 0 aromatic carbocycles. The second kappa shape index (κ2) is 5.02. The molecule has 0 amide bonds. The van der Waals surface area contributed by atoms with Crippen molar-refractivity contribution in [3.63, 3.8) is 0 Å². The largest absolute Gasteiger partial charge is 0.394 e. The van der Waals surface area contributed by atoms with Gasteiger partial charge in [-0.2, -0.15) is 5.26 Å². The third-order valence-electron chi connectivity index (χ3n) is 4.60. The van der Waals surface area contributed by atoms with E-state index < -0.39 is 0 Å². The van der Waals surface area contributed by atoms with E-state index in [2.05, 4.69) is 6.07 Å². The normalized spacial score (nSPS) is 46.4. The van der Waals surface area contributed by atoms with Crippen LogP contribution in [-0.2, 0) is 14.2 Å². The van der Waals surface area contributed by atoms with Crippen LogP contribution in [0.2, 0.25) is 0 Å². The number of aliphatic hydroxyl groups excluding tert-OH is 1. The Morgan fingerprint density at radius 2 is 2.32 bits per heavy atom. The summed E-state index contributed by atoms with van der Waals surface area (Å²) in [5.74, 6) is 0.0192. The molecule has 2 bridgehead atoms. The fourth-order valence-electron chi connectivity index (χ4n) is 3.58. The van der Waals surface area contributed by atoms with E-state index in [-0.39, 0.29) is 42.5 Å². The van der Waals surface area contributed by atoms with E-state index in [1.807, 2.05) is 6.92 Å². The number of nitrogens with zero attached hydrogens (tertiary/aromatic N) is 1. The summed E-state index contributed by atoms with van der Waals surface area (Å²) in [5.41, 5.74) is -0.339. The second-order valence-corrected chi connectivity index (χ2v) is 6.05. The monoisotopic (exact) mass is 267 g/mol. The molecule has 0 aliphatic carbocycles. The van der Waals surface area contributed by atoms with Gasteiger partial charge in [0.05, 0.1) is 37.6 Å². The Morgan fingerprint density at radius 1 is 1.47 bits per heavy atom. The van der Waals surface area contributed by atoms with Gasteiger partial charge >= 0.3 is 0 Å². The Hall–Kier alpha value is -0.670. The van der Waals surface area contributed by atoms with Crippen molar-refractivity contribution in [2.75, 3.05) is 13.2 Å². The van der Waals surface area contributed by atoms with E-state index in [0.717, 1.165) is 25.7 Å². The van der Waals surface area contributed by atoms with Gasteiger partial charge in [-0.3, -0.25) is 0 Å². The third-order valence-corrected chi connectivity index (χ3v) is 4.60. The zero-order valence-corrected chi connectivity index (χ0v) is 11.2. The minimum Gasteiger partial charge on any atom is -0.394 e. The standard InChI is InChI=1S/C14H21NO4/c1-9(6-15)4-10-2-3-13-14(19-10)5-11(18-13)12(7-16)17-8-14/h9-13,16H,2-5,7-8H2,1H3/t9-,10?,11?,12?,13?,14?/m1/s1. The van der Waals surface area contributed by atoms with Crippen LogP contribution in [0.1, 0.15) is 32.6 Å². The van der Waals surface area contributed by atoms with Crippen LogP contribution in [0.25, 0.3) is 0 Å². The quantitative estimate of drug-likeness (QED) is 0.826. The highest BCUT2D eigenvalue weighted by Gasteiger charge is 2.58. The smallest absolute Gasteiger partial charge is 0.120 e. The van der Waals surface area contributed by atoms with Crippen LogP contribution in [0.5, 0.6) is 0 Å². The molecule has 3 fully saturated rings. The molecule has 3 saturated heterocycles. The number of hydrogen-bond acceptors (Lipinski definition) is 5. The number of aliphatic hydroxyl groups is 1. The highest BCUT2D eigenvalue weighted by molar-refractivity contribution is 5.06. The molecule has 0 aromatic heterocycles. The molecule has 106 valence electrons. The zero-order chi connectivity index (χ0) is 13.5. The molecule has 5 heteroatoms. The molecule has 19 heavy (non-hydrogen) atoms. The van der Waals surface area contributed by atoms with Crippen molar-refractivity contribution in [1.82, 2.24) is 0 Å². The Kier molecular flexibility index (Phi) is 3.52. The van der Waals surface area contributed by atoms with E-state index in [1.165, 1.54) is 0 Å². The van der Waals surface area contributed by atoms with E-state index in [4.69, 9.17) is 19.5 Å². The van der Waals surface area contributed by atoms with Crippen LogP contribution < -0.4 is 0 Å². The van der Waals surface area contributed by atoms with Gasteiger partial charge in [-0.1, -0.05) is 0 Å². The van der Waals surface area contributed by atoms with Crippen LogP contribution in [-0.4, -0.2) is 48.3 Å². The van der Waals surface area contributed by atoms with Gasteiger partial charge in [-0.05, 0) is 26.2 Å². The highest BCUT2D eigenvalue weighted by atomic mass is 16.6. The molecule has 0 radical (unpaired) electrons. The van der Waals surface area contributed by atoms with Gasteiger partial charge in [0, 0.05) is 12.3 Å². The van der Waals surface area contributed by atoms with Crippen molar-refractivity contribution in [2.45, 2.75) is 62.6 Å². The molecule has 3 aliphatic heterocycles. The van der Waals surface area contributed by atoms with Gasteiger partial charge in [0.2, 0.25) is 0 Å². The molecular formula is C14H21NO4. The Labute approximate surface area is 113 Å². The van der Waals surface area contributed by atoms with Gasteiger partial charge in [0.25, 0.3) is 0 Å². The van der Waals surface area contributed by atoms with Crippen molar-refractivity contribution >= 4 is 0 Å². The highest BCUT2D eigenvalue weighted by Crippen LogP contribution is 2.46. The summed E-state index contributed by atoms with van der Waals surface area (Å²) in [6.45, 7) is 2.43. The van der Waals surface area contributed by atoms with Crippen molar-refractivity contribution in [3.8, 4) is 6.07 Å². The summed E-state index contributed by atoms with van der Waals surface area (Å²) in [4.78, 5) is 0. The van der Waals surface area contributed by atoms with E-state index >= 15 is 0 Å². The first kappa shape index (κ1) is 13.3. The minimum absolute atomic E-state index is 0.00234. The topological polar surface area (TPSA) is 71.7 Å². The van der Waals surface area contributed by atoms with E-state index in [0.29, 0.717) is 6.61 Å². The Bertz CT molecular complexity index is 382. The van der Waals surface area contributed by atoms with Crippen LogP contribution in [0.4, 0.5) is 0 Å². The molecule has 0 aromatic rings. The van der Waals surface area contributed by atoms with Gasteiger partial charge < -0.3 is 19.3 Å². The summed E-state index contributed by atoms with van der Waals surface area (Å²) in [6, 6.07) is 2.27. The maximum absolute atomic E-state index is 9.26. The van der Waals surface area contributed by atoms with E-state index in [9.17, 15) is 5.11 Å². The van der Waals surface area contributed by atoms with Crippen molar-refractivity contribution in [1.29, 1.82) is 5.26 Å². The molecule has 5 nitrogen and oxygen atoms in total. The van der Waals surface area contributed by atoms with Crippen LogP contribution in [0, 0.1) is 17.2 Å². The first-order chi connectivity index (χ1) is 9.16. The van der Waals surface area contributed by atoms with Gasteiger partial charge in [0.1, 0.15) is 11.7 Å². The molecule has 5 unspecified atom stereocenters. The predicted molar refractivity (Wildman–Crippen MR) is 66.3 cm³/mol. The lowest BCUT2D eigenvalue weighted by atomic mass is 9.84. The molecular weight excluding hydrogens is 246 g/mol. The molecule has 1 N–H and O–H groups in total.